The van der Waals surface area contributed by atoms with Crippen LogP contribution in [0.15, 0.2) is 60.7 Å². The van der Waals surface area contributed by atoms with Gasteiger partial charge >= 0.3 is 0 Å². The van der Waals surface area contributed by atoms with E-state index < -0.39 is 10.0 Å². The van der Waals surface area contributed by atoms with Crippen molar-refractivity contribution in [3.05, 3.63) is 66.2 Å². The van der Waals surface area contributed by atoms with Gasteiger partial charge in [0.05, 0.1) is 12.3 Å². The van der Waals surface area contributed by atoms with Crippen LogP contribution in [0, 0.1) is 0 Å². The first-order valence-electron chi connectivity index (χ1n) is 7.87. The number of nitrogens with zero attached hydrogens (tertiary/aromatic N) is 1. The second kappa shape index (κ2) is 7.15. The van der Waals surface area contributed by atoms with E-state index in [1.165, 1.54) is 0 Å². The molecule has 0 N–H and O–H groups in total. The number of hydrogen-bond donors (Lipinski definition) is 0. The quantitative estimate of drug-likeness (QED) is 0.846. The molecule has 4 nitrogen and oxygen atoms in total. The second-order valence-electron chi connectivity index (χ2n) is 5.79. The minimum absolute atomic E-state index is 0.0475. The molecule has 2 aromatic carbocycles. The monoisotopic (exact) mass is 331 g/mol. The first-order valence-corrected chi connectivity index (χ1v) is 9.48. The predicted molar refractivity (Wildman–Crippen MR) is 90.7 cm³/mol. The Hall–Kier alpha value is -1.85. The van der Waals surface area contributed by atoms with Crippen LogP contribution in [0.4, 0.5) is 0 Å². The number of benzene rings is 2. The summed E-state index contributed by atoms with van der Waals surface area (Å²) in [6, 6.07) is 18.9. The highest BCUT2D eigenvalue weighted by Gasteiger charge is 2.29. The number of piperidine rings is 1. The maximum Gasteiger partial charge on any atom is 0.218 e. The highest BCUT2D eigenvalue weighted by Crippen LogP contribution is 2.21. The molecule has 122 valence electrons. The van der Waals surface area contributed by atoms with Crippen molar-refractivity contribution in [2.75, 3.05) is 13.1 Å². The summed E-state index contributed by atoms with van der Waals surface area (Å²) in [6.45, 7) is 0.994. The summed E-state index contributed by atoms with van der Waals surface area (Å²) in [5.74, 6) is 0.839. The third-order valence-corrected chi connectivity index (χ3v) is 5.79. The van der Waals surface area contributed by atoms with Gasteiger partial charge in [-0.15, -0.1) is 0 Å². The summed E-state index contributed by atoms with van der Waals surface area (Å²) in [6.07, 6.45) is 1.62. The van der Waals surface area contributed by atoms with Crippen molar-refractivity contribution in [3.63, 3.8) is 0 Å². The van der Waals surface area contributed by atoms with Gasteiger partial charge in [-0.05, 0) is 30.5 Å². The van der Waals surface area contributed by atoms with Crippen molar-refractivity contribution in [1.29, 1.82) is 0 Å². The van der Waals surface area contributed by atoms with Crippen LogP contribution in [0.3, 0.4) is 0 Å². The zero-order valence-electron chi connectivity index (χ0n) is 13.0. The fraction of sp³-hybridized carbons (Fsp3) is 0.333. The molecular weight excluding hydrogens is 310 g/mol. The summed E-state index contributed by atoms with van der Waals surface area (Å²) < 4.78 is 32.7. The predicted octanol–water partition coefficient (Wildman–Crippen LogP) is 3.06. The van der Waals surface area contributed by atoms with Gasteiger partial charge in [-0.25, -0.2) is 8.42 Å². The van der Waals surface area contributed by atoms with Crippen molar-refractivity contribution < 1.29 is 13.2 Å². The van der Waals surface area contributed by atoms with Crippen LogP contribution >= 0.6 is 0 Å². The zero-order chi connectivity index (χ0) is 16.1. The molecule has 0 amide bonds. The average Bonchev–Trinajstić information content (AvgIpc) is 2.57. The first kappa shape index (κ1) is 16.0. The van der Waals surface area contributed by atoms with E-state index in [0.717, 1.165) is 24.2 Å². The van der Waals surface area contributed by atoms with E-state index in [1.54, 1.807) is 4.31 Å². The van der Waals surface area contributed by atoms with E-state index in [1.807, 2.05) is 60.7 Å². The lowest BCUT2D eigenvalue weighted by atomic mass is 10.1. The van der Waals surface area contributed by atoms with Gasteiger partial charge in [-0.1, -0.05) is 48.5 Å². The normalized spacial score (nSPS) is 19.4. The summed E-state index contributed by atoms with van der Waals surface area (Å²) in [7, 11) is -3.31. The second-order valence-corrected chi connectivity index (χ2v) is 7.76. The Kier molecular flexibility index (Phi) is 4.98. The molecule has 1 saturated heterocycles. The van der Waals surface area contributed by atoms with Crippen LogP contribution < -0.4 is 4.74 Å². The maximum atomic E-state index is 12.6. The maximum absolute atomic E-state index is 12.6. The lowest BCUT2D eigenvalue weighted by molar-refractivity contribution is 0.129. The standard InChI is InChI=1S/C18H21NO3S/c20-23(21,15-16-8-3-1-4-9-16)19-13-7-12-18(14-19)22-17-10-5-2-6-11-17/h1-6,8-11,18H,7,12-15H2. The van der Waals surface area contributed by atoms with Gasteiger partial charge in [-0.3, -0.25) is 0 Å². The van der Waals surface area contributed by atoms with Gasteiger partial charge in [0, 0.05) is 6.54 Å². The number of sulfonamides is 1. The SMILES string of the molecule is O=S(=O)(Cc1ccccc1)N1CCCC(Oc2ccccc2)C1. The molecule has 1 heterocycles. The Bertz CT molecular complexity index is 716. The Morgan fingerprint density at radius 1 is 1.00 bits per heavy atom. The van der Waals surface area contributed by atoms with E-state index in [4.69, 9.17) is 4.74 Å². The summed E-state index contributed by atoms with van der Waals surface area (Å²) in [4.78, 5) is 0. The molecule has 1 aliphatic rings. The molecule has 0 saturated carbocycles. The summed E-state index contributed by atoms with van der Waals surface area (Å²) in [5, 5.41) is 0. The van der Waals surface area contributed by atoms with Gasteiger partial charge in [0.1, 0.15) is 11.9 Å². The Morgan fingerprint density at radius 2 is 1.65 bits per heavy atom. The fourth-order valence-electron chi connectivity index (χ4n) is 2.82. The fourth-order valence-corrected chi connectivity index (χ4v) is 4.42. The molecule has 1 unspecified atom stereocenters. The first-order chi connectivity index (χ1) is 11.1. The molecule has 23 heavy (non-hydrogen) atoms. The molecule has 0 radical (unpaired) electrons. The van der Waals surface area contributed by atoms with Crippen molar-refractivity contribution in [1.82, 2.24) is 4.31 Å². The van der Waals surface area contributed by atoms with E-state index in [0.29, 0.717) is 13.1 Å². The van der Waals surface area contributed by atoms with Gasteiger partial charge in [0.25, 0.3) is 0 Å². The molecule has 0 aromatic heterocycles. The molecule has 0 bridgehead atoms. The van der Waals surface area contributed by atoms with Crippen LogP contribution in [0.25, 0.3) is 0 Å². The lowest BCUT2D eigenvalue weighted by Gasteiger charge is -2.32. The highest BCUT2D eigenvalue weighted by molar-refractivity contribution is 7.88. The minimum Gasteiger partial charge on any atom is -0.489 e. The minimum atomic E-state index is -3.31. The topological polar surface area (TPSA) is 46.6 Å². The van der Waals surface area contributed by atoms with Crippen molar-refractivity contribution >= 4 is 10.0 Å². The molecule has 5 heteroatoms. The van der Waals surface area contributed by atoms with E-state index >= 15 is 0 Å². The number of para-hydroxylation sites is 1. The van der Waals surface area contributed by atoms with Crippen molar-refractivity contribution in [3.8, 4) is 5.75 Å². The average molecular weight is 331 g/mol. The molecule has 1 atom stereocenters. The van der Waals surface area contributed by atoms with Gasteiger partial charge in [-0.2, -0.15) is 4.31 Å². The molecular formula is C18H21NO3S. The van der Waals surface area contributed by atoms with E-state index in [-0.39, 0.29) is 11.9 Å². The summed E-state index contributed by atoms with van der Waals surface area (Å²) in [5.41, 5.74) is 0.818. The third-order valence-electron chi connectivity index (χ3n) is 3.97. The number of ether oxygens (including phenoxy) is 1. The molecule has 0 aliphatic carbocycles. The Morgan fingerprint density at radius 3 is 2.35 bits per heavy atom. The van der Waals surface area contributed by atoms with E-state index in [2.05, 4.69) is 0 Å². The highest BCUT2D eigenvalue weighted by atomic mass is 32.2. The van der Waals surface area contributed by atoms with Crippen molar-refractivity contribution in [2.24, 2.45) is 0 Å². The van der Waals surface area contributed by atoms with Crippen LogP contribution in [0.1, 0.15) is 18.4 Å². The molecule has 1 aliphatic heterocycles. The summed E-state index contributed by atoms with van der Waals surface area (Å²) >= 11 is 0. The Balaban J connectivity index is 1.65. The smallest absolute Gasteiger partial charge is 0.218 e. The van der Waals surface area contributed by atoms with Crippen LogP contribution in [-0.4, -0.2) is 31.9 Å². The number of hydrogen-bond acceptors (Lipinski definition) is 3. The lowest BCUT2D eigenvalue weighted by Crippen LogP contribution is -2.44. The number of rotatable bonds is 5. The van der Waals surface area contributed by atoms with Crippen molar-refractivity contribution in [2.45, 2.75) is 24.7 Å². The largest absolute Gasteiger partial charge is 0.489 e. The molecule has 0 spiro atoms. The van der Waals surface area contributed by atoms with Crippen LogP contribution in [0.2, 0.25) is 0 Å². The Labute approximate surface area is 137 Å². The third kappa shape index (κ3) is 4.33. The van der Waals surface area contributed by atoms with Gasteiger partial charge in [0.2, 0.25) is 10.0 Å². The molecule has 3 rings (SSSR count). The van der Waals surface area contributed by atoms with Crippen LogP contribution in [-0.2, 0) is 15.8 Å². The molecule has 1 fully saturated rings. The molecule has 2 aromatic rings. The van der Waals surface area contributed by atoms with Gasteiger partial charge < -0.3 is 4.74 Å². The van der Waals surface area contributed by atoms with Crippen LogP contribution in [0.5, 0.6) is 5.75 Å². The van der Waals surface area contributed by atoms with E-state index in [9.17, 15) is 8.42 Å². The zero-order valence-corrected chi connectivity index (χ0v) is 13.8. The van der Waals surface area contributed by atoms with Gasteiger partial charge in [0.15, 0.2) is 0 Å².